The third kappa shape index (κ3) is 3.73. The molecule has 1 amide bonds. The second-order valence-corrected chi connectivity index (χ2v) is 6.59. The maximum absolute atomic E-state index is 13.6. The largest absolute Gasteiger partial charge is 0.444 e. The number of nitrogens with zero attached hydrogens (tertiary/aromatic N) is 1. The van der Waals surface area contributed by atoms with Crippen LogP contribution in [0, 0.1) is 12.7 Å². The van der Waals surface area contributed by atoms with Gasteiger partial charge in [-0.15, -0.1) is 0 Å². The van der Waals surface area contributed by atoms with E-state index in [9.17, 15) is 9.18 Å². The zero-order valence-corrected chi connectivity index (χ0v) is 13.1. The highest BCUT2D eigenvalue weighted by Gasteiger charge is 2.28. The molecule has 116 valence electrons. The molecule has 0 unspecified atom stereocenters. The molecule has 1 aliphatic heterocycles. The van der Waals surface area contributed by atoms with Gasteiger partial charge in [0.15, 0.2) is 0 Å². The van der Waals surface area contributed by atoms with Gasteiger partial charge in [0.2, 0.25) is 0 Å². The maximum atomic E-state index is 13.6. The monoisotopic (exact) mass is 294 g/mol. The predicted molar refractivity (Wildman–Crippen MR) is 79.3 cm³/mol. The molecular weight excluding hydrogens is 271 g/mol. The molecule has 1 atom stereocenters. The van der Waals surface area contributed by atoms with Crippen LogP contribution in [-0.2, 0) is 11.3 Å². The van der Waals surface area contributed by atoms with E-state index in [-0.39, 0.29) is 18.0 Å². The number of ether oxygens (including phenoxy) is 1. The van der Waals surface area contributed by atoms with Gasteiger partial charge in [0.05, 0.1) is 0 Å². The van der Waals surface area contributed by atoms with Crippen molar-refractivity contribution in [1.29, 1.82) is 0 Å². The van der Waals surface area contributed by atoms with Crippen molar-refractivity contribution in [2.75, 3.05) is 6.54 Å². The first kappa shape index (κ1) is 15.8. The van der Waals surface area contributed by atoms with Crippen molar-refractivity contribution in [1.82, 2.24) is 4.90 Å². The summed E-state index contributed by atoms with van der Waals surface area (Å²) >= 11 is 0. The number of aryl methyl sites for hydroxylation is 1. The lowest BCUT2D eigenvalue weighted by Gasteiger charge is -2.27. The molecule has 4 nitrogen and oxygen atoms in total. The van der Waals surface area contributed by atoms with E-state index in [0.29, 0.717) is 19.5 Å². The fourth-order valence-electron chi connectivity index (χ4n) is 2.55. The van der Waals surface area contributed by atoms with Crippen molar-refractivity contribution in [3.8, 4) is 0 Å². The number of rotatable bonds is 0. The Labute approximate surface area is 125 Å². The Bertz CT molecular complexity index is 552. The van der Waals surface area contributed by atoms with E-state index in [4.69, 9.17) is 10.5 Å². The summed E-state index contributed by atoms with van der Waals surface area (Å²) in [5.74, 6) is -0.285. The molecule has 1 aromatic carbocycles. The Morgan fingerprint density at radius 1 is 1.43 bits per heavy atom. The summed E-state index contributed by atoms with van der Waals surface area (Å²) in [5, 5.41) is 0. The lowest BCUT2D eigenvalue weighted by atomic mass is 9.96. The Morgan fingerprint density at radius 2 is 2.10 bits per heavy atom. The number of benzene rings is 1. The molecule has 0 saturated carbocycles. The van der Waals surface area contributed by atoms with Gasteiger partial charge >= 0.3 is 6.09 Å². The highest BCUT2D eigenvalue weighted by Crippen LogP contribution is 2.29. The van der Waals surface area contributed by atoms with Gasteiger partial charge in [-0.2, -0.15) is 0 Å². The molecule has 0 saturated heterocycles. The second kappa shape index (κ2) is 5.64. The van der Waals surface area contributed by atoms with Crippen LogP contribution in [0.2, 0.25) is 0 Å². The Kier molecular flexibility index (Phi) is 4.23. The summed E-state index contributed by atoms with van der Waals surface area (Å²) in [6.45, 7) is 8.26. The molecule has 0 aliphatic carbocycles. The summed E-state index contributed by atoms with van der Waals surface area (Å²) in [6, 6.07) is 2.69. The summed E-state index contributed by atoms with van der Waals surface area (Å²) in [7, 11) is 0. The van der Waals surface area contributed by atoms with Crippen molar-refractivity contribution < 1.29 is 13.9 Å². The van der Waals surface area contributed by atoms with E-state index < -0.39 is 5.60 Å². The van der Waals surface area contributed by atoms with Crippen LogP contribution in [-0.4, -0.2) is 23.1 Å². The van der Waals surface area contributed by atoms with Crippen LogP contribution in [0.5, 0.6) is 0 Å². The van der Waals surface area contributed by atoms with Crippen molar-refractivity contribution in [3.63, 3.8) is 0 Å². The van der Waals surface area contributed by atoms with Gasteiger partial charge in [-0.05, 0) is 62.9 Å². The number of carbonyl (C=O) groups is 1. The minimum atomic E-state index is -0.536. The standard InChI is InChI=1S/C16H23FN2O2/c1-10-7-11(17)8-12-13(10)9-19(6-5-14(12)18)15(20)21-16(2,3)4/h7-8,14H,5-6,9,18H2,1-4H3/t14-/m1/s1. The number of hydrogen-bond acceptors (Lipinski definition) is 3. The molecule has 2 rings (SSSR count). The molecule has 0 spiro atoms. The highest BCUT2D eigenvalue weighted by molar-refractivity contribution is 5.68. The smallest absolute Gasteiger partial charge is 0.410 e. The molecule has 0 fully saturated rings. The van der Waals surface area contributed by atoms with Crippen molar-refractivity contribution in [2.45, 2.75) is 52.3 Å². The van der Waals surface area contributed by atoms with Gasteiger partial charge in [-0.3, -0.25) is 0 Å². The SMILES string of the molecule is Cc1cc(F)cc2c1CN(C(=O)OC(C)(C)C)CC[C@H]2N. The second-order valence-electron chi connectivity index (χ2n) is 6.59. The number of fused-ring (bicyclic) bond motifs is 1. The summed E-state index contributed by atoms with van der Waals surface area (Å²) in [4.78, 5) is 13.9. The minimum Gasteiger partial charge on any atom is -0.444 e. The maximum Gasteiger partial charge on any atom is 0.410 e. The Morgan fingerprint density at radius 3 is 2.71 bits per heavy atom. The van der Waals surface area contributed by atoms with Gasteiger partial charge in [0.1, 0.15) is 11.4 Å². The summed E-state index contributed by atoms with van der Waals surface area (Å²) < 4.78 is 19.0. The third-order valence-electron chi connectivity index (χ3n) is 3.58. The van der Waals surface area contributed by atoms with Gasteiger partial charge in [0.25, 0.3) is 0 Å². The van der Waals surface area contributed by atoms with Crippen LogP contribution in [0.3, 0.4) is 0 Å². The van der Waals surface area contributed by atoms with E-state index in [0.717, 1.165) is 16.7 Å². The molecule has 2 N–H and O–H groups in total. The quantitative estimate of drug-likeness (QED) is 0.799. The fraction of sp³-hybridized carbons (Fsp3) is 0.562. The molecule has 1 aromatic rings. The zero-order valence-electron chi connectivity index (χ0n) is 13.1. The van der Waals surface area contributed by atoms with Crippen LogP contribution in [0.1, 0.15) is 49.9 Å². The van der Waals surface area contributed by atoms with Crippen LogP contribution in [0.15, 0.2) is 12.1 Å². The first-order valence-corrected chi connectivity index (χ1v) is 7.20. The van der Waals surface area contributed by atoms with E-state index in [2.05, 4.69) is 0 Å². The molecule has 1 heterocycles. The van der Waals surface area contributed by atoms with Crippen molar-refractivity contribution in [2.24, 2.45) is 5.73 Å². The lowest BCUT2D eigenvalue weighted by Crippen LogP contribution is -2.36. The highest BCUT2D eigenvalue weighted by atomic mass is 19.1. The molecular formula is C16H23FN2O2. The average molecular weight is 294 g/mol. The molecule has 1 aliphatic rings. The number of nitrogens with two attached hydrogens (primary N) is 1. The third-order valence-corrected chi connectivity index (χ3v) is 3.58. The number of hydrogen-bond donors (Lipinski definition) is 1. The Balaban J connectivity index is 2.29. The van der Waals surface area contributed by atoms with E-state index in [1.807, 2.05) is 27.7 Å². The van der Waals surface area contributed by atoms with Crippen LogP contribution >= 0.6 is 0 Å². The molecule has 0 radical (unpaired) electrons. The lowest BCUT2D eigenvalue weighted by molar-refractivity contribution is 0.0234. The van der Waals surface area contributed by atoms with Gasteiger partial charge in [0, 0.05) is 19.1 Å². The fourth-order valence-corrected chi connectivity index (χ4v) is 2.55. The number of amides is 1. The van der Waals surface area contributed by atoms with Crippen LogP contribution in [0.4, 0.5) is 9.18 Å². The number of carbonyl (C=O) groups excluding carboxylic acids is 1. The van der Waals surface area contributed by atoms with Crippen molar-refractivity contribution in [3.05, 3.63) is 34.6 Å². The molecule has 0 aromatic heterocycles. The molecule has 0 bridgehead atoms. The van der Waals surface area contributed by atoms with Crippen LogP contribution in [0.25, 0.3) is 0 Å². The topological polar surface area (TPSA) is 55.6 Å². The van der Waals surface area contributed by atoms with Gasteiger partial charge in [-0.25, -0.2) is 9.18 Å². The van der Waals surface area contributed by atoms with Crippen molar-refractivity contribution >= 4 is 6.09 Å². The zero-order chi connectivity index (χ0) is 15.8. The first-order chi connectivity index (χ1) is 9.67. The van der Waals surface area contributed by atoms with E-state index in [1.54, 1.807) is 4.90 Å². The molecule has 21 heavy (non-hydrogen) atoms. The summed E-state index contributed by atoms with van der Waals surface area (Å²) in [5.41, 5.74) is 8.12. The summed E-state index contributed by atoms with van der Waals surface area (Å²) in [6.07, 6.45) is 0.237. The van der Waals surface area contributed by atoms with E-state index in [1.165, 1.54) is 12.1 Å². The first-order valence-electron chi connectivity index (χ1n) is 7.20. The minimum absolute atomic E-state index is 0.262. The number of halogens is 1. The van der Waals surface area contributed by atoms with Crippen LogP contribution < -0.4 is 5.73 Å². The normalized spacial score (nSPS) is 19.0. The average Bonchev–Trinajstić information content (AvgIpc) is 2.48. The Hall–Kier alpha value is -1.62. The van der Waals surface area contributed by atoms with Gasteiger partial charge < -0.3 is 15.4 Å². The van der Waals surface area contributed by atoms with E-state index >= 15 is 0 Å². The molecule has 5 heteroatoms. The predicted octanol–water partition coefficient (Wildman–Crippen LogP) is 3.27. The van der Waals surface area contributed by atoms with Gasteiger partial charge in [-0.1, -0.05) is 0 Å².